The Morgan fingerprint density at radius 3 is 2.68 bits per heavy atom. The maximum atomic E-state index is 12.0. The van der Waals surface area contributed by atoms with Gasteiger partial charge in [0.2, 0.25) is 0 Å². The molecule has 1 aromatic rings. The van der Waals surface area contributed by atoms with Gasteiger partial charge in [0.15, 0.2) is 0 Å². The average Bonchev–Trinajstić information content (AvgIpc) is 2.69. The molecular formula is C14H22N2O2S. The molecule has 4 nitrogen and oxygen atoms in total. The highest BCUT2D eigenvalue weighted by Gasteiger charge is 2.38. The van der Waals surface area contributed by atoms with E-state index < -0.39 is 0 Å². The Hall–Kier alpha value is -0.940. The van der Waals surface area contributed by atoms with Crippen molar-refractivity contribution in [1.82, 2.24) is 4.98 Å². The van der Waals surface area contributed by atoms with Crippen molar-refractivity contribution < 1.29 is 9.53 Å². The number of ether oxygens (including phenoxy) is 1. The summed E-state index contributed by atoms with van der Waals surface area (Å²) in [5.74, 6) is 0.197. The third kappa shape index (κ3) is 2.98. The normalized spacial score (nSPS) is 17.3. The lowest BCUT2D eigenvalue weighted by atomic mass is 9.78. The van der Waals surface area contributed by atoms with Gasteiger partial charge in [-0.2, -0.15) is 0 Å². The second kappa shape index (κ2) is 5.59. The minimum atomic E-state index is -0.304. The molecule has 0 saturated heterocycles. The molecule has 1 aliphatic rings. The van der Waals surface area contributed by atoms with E-state index in [1.807, 2.05) is 6.92 Å². The van der Waals surface area contributed by atoms with E-state index in [9.17, 15) is 4.79 Å². The molecule has 106 valence electrons. The van der Waals surface area contributed by atoms with Gasteiger partial charge in [-0.05, 0) is 38.5 Å². The van der Waals surface area contributed by atoms with Crippen LogP contribution in [0.2, 0.25) is 0 Å². The van der Waals surface area contributed by atoms with Crippen molar-refractivity contribution in [1.29, 1.82) is 0 Å². The number of hydrogen-bond acceptors (Lipinski definition) is 5. The van der Waals surface area contributed by atoms with E-state index in [1.54, 1.807) is 0 Å². The summed E-state index contributed by atoms with van der Waals surface area (Å²) in [4.78, 5) is 17.3. The molecule has 1 aromatic heterocycles. The largest absolute Gasteiger partial charge is 0.462 e. The predicted octanol–water partition coefficient (Wildman–Crippen LogP) is 2.86. The van der Waals surface area contributed by atoms with Crippen LogP contribution in [0.15, 0.2) is 0 Å². The molecule has 2 N–H and O–H groups in total. The highest BCUT2D eigenvalue weighted by atomic mass is 32.1. The molecule has 5 heteroatoms. The molecule has 0 unspecified atom stereocenters. The first-order valence-corrected chi connectivity index (χ1v) is 7.74. The number of rotatable bonds is 5. The zero-order valence-electron chi connectivity index (χ0n) is 11.9. The smallest absolute Gasteiger partial charge is 0.350 e. The molecule has 1 saturated carbocycles. The lowest BCUT2D eigenvalue weighted by molar-refractivity contribution is 0.0530. The van der Waals surface area contributed by atoms with Crippen molar-refractivity contribution in [2.45, 2.75) is 52.0 Å². The average molecular weight is 282 g/mol. The van der Waals surface area contributed by atoms with Crippen LogP contribution in [-0.4, -0.2) is 17.6 Å². The Morgan fingerprint density at radius 2 is 2.21 bits per heavy atom. The van der Waals surface area contributed by atoms with Crippen molar-refractivity contribution in [3.8, 4) is 0 Å². The fraction of sp³-hybridized carbons (Fsp3) is 0.714. The number of esters is 1. The minimum absolute atomic E-state index is 0.259. The van der Waals surface area contributed by atoms with Crippen LogP contribution in [0.4, 0.5) is 0 Å². The van der Waals surface area contributed by atoms with Gasteiger partial charge in [-0.1, -0.05) is 13.8 Å². The van der Waals surface area contributed by atoms with Crippen LogP contribution >= 0.6 is 11.3 Å². The zero-order chi connectivity index (χ0) is 14.0. The van der Waals surface area contributed by atoms with Gasteiger partial charge in [-0.3, -0.25) is 0 Å². The van der Waals surface area contributed by atoms with E-state index >= 15 is 0 Å². The third-order valence-electron chi connectivity index (χ3n) is 3.43. The van der Waals surface area contributed by atoms with Gasteiger partial charge in [0.1, 0.15) is 9.88 Å². The number of aromatic nitrogens is 1. The first-order chi connectivity index (χ1) is 8.96. The molecular weight excluding hydrogens is 260 g/mol. The van der Waals surface area contributed by atoms with Gasteiger partial charge in [0.05, 0.1) is 17.8 Å². The maximum Gasteiger partial charge on any atom is 0.350 e. The molecule has 0 amide bonds. The molecule has 1 aliphatic carbocycles. The van der Waals surface area contributed by atoms with E-state index in [0.717, 1.165) is 36.4 Å². The van der Waals surface area contributed by atoms with Crippen molar-refractivity contribution >= 4 is 17.3 Å². The first kappa shape index (κ1) is 14.5. The topological polar surface area (TPSA) is 65.2 Å². The molecule has 0 atom stereocenters. The van der Waals surface area contributed by atoms with Gasteiger partial charge in [0.25, 0.3) is 0 Å². The van der Waals surface area contributed by atoms with Gasteiger partial charge >= 0.3 is 5.97 Å². The van der Waals surface area contributed by atoms with Crippen LogP contribution < -0.4 is 5.73 Å². The number of nitrogens with two attached hydrogens (primary N) is 1. The zero-order valence-corrected chi connectivity index (χ0v) is 12.7. The Morgan fingerprint density at radius 1 is 1.53 bits per heavy atom. The molecule has 0 spiro atoms. The van der Waals surface area contributed by atoms with Crippen molar-refractivity contribution in [3.63, 3.8) is 0 Å². The molecule has 0 bridgehead atoms. The Balaban J connectivity index is 2.30. The summed E-state index contributed by atoms with van der Waals surface area (Å²) in [6.07, 6.45) is 3.86. The minimum Gasteiger partial charge on any atom is -0.462 e. The molecule has 0 aromatic carbocycles. The molecule has 19 heavy (non-hydrogen) atoms. The van der Waals surface area contributed by atoms with Gasteiger partial charge in [-0.25, -0.2) is 9.78 Å². The fourth-order valence-corrected chi connectivity index (χ4v) is 3.36. The highest BCUT2D eigenvalue weighted by Crippen LogP contribution is 2.41. The lowest BCUT2D eigenvalue weighted by Crippen LogP contribution is -2.43. The standard InChI is InChI=1S/C14H22N2O2S/c1-4-18-12(17)11-10(8-9(2)3)16-13(19-11)14(15)6-5-7-14/h9H,4-8,15H2,1-3H3. The predicted molar refractivity (Wildman–Crippen MR) is 76.3 cm³/mol. The Bertz CT molecular complexity index is 464. The van der Waals surface area contributed by atoms with Crippen LogP contribution in [0.1, 0.15) is 60.4 Å². The van der Waals surface area contributed by atoms with Crippen molar-refractivity contribution in [3.05, 3.63) is 15.6 Å². The van der Waals surface area contributed by atoms with E-state index in [2.05, 4.69) is 18.8 Å². The summed E-state index contributed by atoms with van der Waals surface area (Å²) in [5, 5.41) is 0.900. The fourth-order valence-electron chi connectivity index (χ4n) is 2.22. The Labute approximate surface area is 118 Å². The number of hydrogen-bond donors (Lipinski definition) is 1. The van der Waals surface area contributed by atoms with Crippen molar-refractivity contribution in [2.24, 2.45) is 11.7 Å². The van der Waals surface area contributed by atoms with E-state index in [-0.39, 0.29) is 11.5 Å². The Kier molecular flexibility index (Phi) is 4.26. The summed E-state index contributed by atoms with van der Waals surface area (Å²) in [6.45, 7) is 6.45. The highest BCUT2D eigenvalue weighted by molar-refractivity contribution is 7.13. The van der Waals surface area contributed by atoms with Gasteiger partial charge in [0, 0.05) is 0 Å². The number of carbonyl (C=O) groups is 1. The van der Waals surface area contributed by atoms with Crippen LogP contribution in [0.25, 0.3) is 0 Å². The quantitative estimate of drug-likeness (QED) is 0.843. The summed E-state index contributed by atoms with van der Waals surface area (Å²) in [7, 11) is 0. The van der Waals surface area contributed by atoms with Gasteiger partial charge < -0.3 is 10.5 Å². The van der Waals surface area contributed by atoms with Crippen molar-refractivity contribution in [2.75, 3.05) is 6.61 Å². The van der Waals surface area contributed by atoms with Crippen LogP contribution in [0, 0.1) is 5.92 Å². The summed E-state index contributed by atoms with van der Waals surface area (Å²) in [5.41, 5.74) is 6.85. The second-order valence-corrected chi connectivity index (χ2v) is 6.62. The monoisotopic (exact) mass is 282 g/mol. The lowest BCUT2D eigenvalue weighted by Gasteiger charge is -2.35. The van der Waals surface area contributed by atoms with Crippen LogP contribution in [-0.2, 0) is 16.7 Å². The first-order valence-electron chi connectivity index (χ1n) is 6.92. The molecule has 2 rings (SSSR count). The maximum absolute atomic E-state index is 12.0. The number of thiazole rings is 1. The van der Waals surface area contributed by atoms with Gasteiger partial charge in [-0.15, -0.1) is 11.3 Å². The van der Waals surface area contributed by atoms with E-state index in [1.165, 1.54) is 11.3 Å². The van der Waals surface area contributed by atoms with Crippen LogP contribution in [0.3, 0.4) is 0 Å². The summed E-state index contributed by atoms with van der Waals surface area (Å²) < 4.78 is 5.12. The third-order valence-corrected chi connectivity index (χ3v) is 4.73. The number of nitrogens with zero attached hydrogens (tertiary/aromatic N) is 1. The molecule has 0 radical (unpaired) electrons. The molecule has 1 fully saturated rings. The van der Waals surface area contributed by atoms with Crippen LogP contribution in [0.5, 0.6) is 0 Å². The summed E-state index contributed by atoms with van der Waals surface area (Å²) >= 11 is 1.42. The van der Waals surface area contributed by atoms with E-state index in [0.29, 0.717) is 17.4 Å². The molecule has 0 aliphatic heterocycles. The van der Waals surface area contributed by atoms with E-state index in [4.69, 9.17) is 10.5 Å². The SMILES string of the molecule is CCOC(=O)c1sc(C2(N)CCC2)nc1CC(C)C. The molecule has 1 heterocycles. The second-order valence-electron chi connectivity index (χ2n) is 5.62. The summed E-state index contributed by atoms with van der Waals surface area (Å²) in [6, 6.07) is 0. The number of carbonyl (C=O) groups excluding carboxylic acids is 1.